The Morgan fingerprint density at radius 3 is 2.73 bits per heavy atom. The second kappa shape index (κ2) is 8.30. The van der Waals surface area contributed by atoms with Crippen LogP contribution >= 0.6 is 8.17 Å². The molecule has 2 fully saturated rings. The van der Waals surface area contributed by atoms with Crippen LogP contribution in [0.3, 0.4) is 0 Å². The molecule has 0 aliphatic carbocycles. The standard InChI is InChI=1S/C19H22FN2O7P/c1-11(2)13-5-3-12(4-6-13)9-26-30(25)27-10-16-15(29-30)7-17(28-16)22-8-14(20)18(23)21-19(22)24/h3-6,8,11,15-17,25H,7,9-10H2,1-2H3/p+1/t15-,16+,17+,30?/m0/s1. The van der Waals surface area contributed by atoms with Gasteiger partial charge in [0.15, 0.2) is 0 Å². The first kappa shape index (κ1) is 21.3. The summed E-state index contributed by atoms with van der Waals surface area (Å²) in [5.41, 5.74) is 0.166. The minimum absolute atomic E-state index is 0.00167. The predicted octanol–water partition coefficient (Wildman–Crippen LogP) is 2.39. The number of H-pyrrole nitrogens is 1. The molecular weight excluding hydrogens is 418 g/mol. The summed E-state index contributed by atoms with van der Waals surface area (Å²) in [7, 11) is -3.58. The molecule has 1 unspecified atom stereocenters. The summed E-state index contributed by atoms with van der Waals surface area (Å²) in [5.74, 6) is -0.682. The largest absolute Gasteiger partial charge is 0.573 e. The van der Waals surface area contributed by atoms with Crippen LogP contribution in [0.25, 0.3) is 0 Å². The number of aromatic nitrogens is 2. The molecule has 2 aromatic rings. The second-order valence-corrected chi connectivity index (χ2v) is 9.25. The van der Waals surface area contributed by atoms with Gasteiger partial charge in [0.25, 0.3) is 5.56 Å². The van der Waals surface area contributed by atoms with E-state index < -0.39 is 43.7 Å². The third kappa shape index (κ3) is 4.39. The number of fused-ring (bicyclic) bond motifs is 1. The van der Waals surface area contributed by atoms with Crippen LogP contribution in [0.5, 0.6) is 0 Å². The average molecular weight is 441 g/mol. The third-order valence-electron chi connectivity index (χ3n) is 5.13. The van der Waals surface area contributed by atoms with Crippen LogP contribution in [-0.4, -0.2) is 33.3 Å². The number of ether oxygens (including phenoxy) is 1. The molecule has 0 saturated carbocycles. The smallest absolute Gasteiger partial charge is 0.349 e. The molecule has 162 valence electrons. The highest BCUT2D eigenvalue weighted by atomic mass is 31.2. The van der Waals surface area contributed by atoms with Crippen LogP contribution in [0.15, 0.2) is 40.1 Å². The van der Waals surface area contributed by atoms with Gasteiger partial charge in [-0.3, -0.25) is 14.3 Å². The molecule has 2 saturated heterocycles. The van der Waals surface area contributed by atoms with Gasteiger partial charge in [-0.15, -0.1) is 9.05 Å². The van der Waals surface area contributed by atoms with Gasteiger partial charge < -0.3 is 4.74 Å². The number of aromatic amines is 1. The van der Waals surface area contributed by atoms with E-state index >= 15 is 0 Å². The van der Waals surface area contributed by atoms with Crippen LogP contribution in [0, 0.1) is 5.82 Å². The quantitative estimate of drug-likeness (QED) is 0.686. The number of nitrogens with zero attached hydrogens (tertiary/aromatic N) is 1. The first-order valence-corrected chi connectivity index (χ1v) is 11.1. The van der Waals surface area contributed by atoms with E-state index in [9.17, 15) is 18.9 Å². The highest BCUT2D eigenvalue weighted by molar-refractivity contribution is 7.55. The fourth-order valence-corrected chi connectivity index (χ4v) is 4.81. The lowest BCUT2D eigenvalue weighted by Gasteiger charge is -2.26. The summed E-state index contributed by atoms with van der Waals surface area (Å²) < 4.78 is 36.8. The summed E-state index contributed by atoms with van der Waals surface area (Å²) in [6.45, 7) is 4.31. The Kier molecular flexibility index (Phi) is 5.89. The Morgan fingerprint density at radius 2 is 2.03 bits per heavy atom. The zero-order valence-corrected chi connectivity index (χ0v) is 17.4. The fourth-order valence-electron chi connectivity index (χ4n) is 3.40. The number of halogens is 1. The molecule has 30 heavy (non-hydrogen) atoms. The lowest BCUT2D eigenvalue weighted by Crippen LogP contribution is -2.35. The number of benzene rings is 1. The number of nitrogens with one attached hydrogen (secondary N) is 1. The Morgan fingerprint density at radius 1 is 1.30 bits per heavy atom. The van der Waals surface area contributed by atoms with Gasteiger partial charge in [-0.25, -0.2) is 4.79 Å². The Bertz CT molecular complexity index is 1020. The van der Waals surface area contributed by atoms with Gasteiger partial charge in [-0.2, -0.15) is 13.8 Å². The first-order valence-electron chi connectivity index (χ1n) is 9.58. The van der Waals surface area contributed by atoms with Crippen molar-refractivity contribution in [3.63, 3.8) is 0 Å². The van der Waals surface area contributed by atoms with Crippen molar-refractivity contribution >= 4 is 8.17 Å². The minimum Gasteiger partial charge on any atom is -0.349 e. The molecule has 0 spiro atoms. The predicted molar refractivity (Wildman–Crippen MR) is 105 cm³/mol. The van der Waals surface area contributed by atoms with Crippen molar-refractivity contribution in [1.29, 1.82) is 0 Å². The van der Waals surface area contributed by atoms with Gasteiger partial charge in [-0.05, 0) is 17.0 Å². The SMILES string of the molecule is CC(C)c1ccc(CO[P+]2(O)OC[C@H]3O[C@@H](n4cc(F)c(=O)[nH]c4=O)C[C@@H]3O2)cc1. The molecule has 9 nitrogen and oxygen atoms in total. The number of rotatable bonds is 5. The van der Waals surface area contributed by atoms with Crippen molar-refractivity contribution in [2.45, 2.75) is 51.2 Å². The van der Waals surface area contributed by atoms with Crippen LogP contribution in [0.1, 0.15) is 43.5 Å². The van der Waals surface area contributed by atoms with Crippen molar-refractivity contribution in [2.75, 3.05) is 6.61 Å². The van der Waals surface area contributed by atoms with E-state index in [0.29, 0.717) is 5.92 Å². The minimum atomic E-state index is -3.58. The second-order valence-electron chi connectivity index (χ2n) is 7.59. The number of hydrogen-bond acceptors (Lipinski definition) is 7. The van der Waals surface area contributed by atoms with E-state index in [-0.39, 0.29) is 19.6 Å². The van der Waals surface area contributed by atoms with E-state index in [2.05, 4.69) is 13.8 Å². The van der Waals surface area contributed by atoms with E-state index in [0.717, 1.165) is 16.3 Å². The number of hydrogen-bond donors (Lipinski definition) is 2. The van der Waals surface area contributed by atoms with E-state index in [1.165, 1.54) is 5.56 Å². The van der Waals surface area contributed by atoms with Crippen LogP contribution in [-0.2, 0) is 24.9 Å². The molecule has 4 atom stereocenters. The molecule has 2 aliphatic rings. The maximum Gasteiger partial charge on any atom is 0.573 e. The van der Waals surface area contributed by atoms with Gasteiger partial charge in [0, 0.05) is 6.42 Å². The van der Waals surface area contributed by atoms with E-state index in [4.69, 9.17) is 18.3 Å². The van der Waals surface area contributed by atoms with Crippen molar-refractivity contribution in [3.8, 4) is 0 Å². The maximum atomic E-state index is 13.6. The average Bonchev–Trinajstić information content (AvgIpc) is 3.12. The summed E-state index contributed by atoms with van der Waals surface area (Å²) >= 11 is 0. The van der Waals surface area contributed by atoms with Crippen molar-refractivity contribution in [3.05, 3.63) is 68.2 Å². The van der Waals surface area contributed by atoms with Crippen molar-refractivity contribution in [1.82, 2.24) is 9.55 Å². The first-order chi connectivity index (χ1) is 14.2. The van der Waals surface area contributed by atoms with Crippen LogP contribution in [0.2, 0.25) is 0 Å². The highest BCUT2D eigenvalue weighted by Gasteiger charge is 2.57. The normalized spacial score (nSPS) is 28.6. The molecule has 0 bridgehead atoms. The van der Waals surface area contributed by atoms with Gasteiger partial charge in [0.1, 0.15) is 31.6 Å². The molecule has 1 aromatic heterocycles. The molecule has 3 heterocycles. The summed E-state index contributed by atoms with van der Waals surface area (Å²) in [4.78, 5) is 35.7. The molecule has 2 aliphatic heterocycles. The van der Waals surface area contributed by atoms with Gasteiger partial charge in [0.05, 0.1) is 6.20 Å². The molecule has 2 N–H and O–H groups in total. The molecule has 1 aromatic carbocycles. The van der Waals surface area contributed by atoms with Crippen molar-refractivity contribution in [2.24, 2.45) is 0 Å². The zero-order valence-electron chi connectivity index (χ0n) is 16.5. The fraction of sp³-hybridized carbons (Fsp3) is 0.474. The maximum absolute atomic E-state index is 13.6. The Balaban J connectivity index is 1.40. The van der Waals surface area contributed by atoms with Gasteiger partial charge in [-0.1, -0.05) is 38.1 Å². The topological polar surface area (TPSA) is 112 Å². The lowest BCUT2D eigenvalue weighted by molar-refractivity contribution is -0.0828. The molecule has 0 amide bonds. The molecule has 0 radical (unpaired) electrons. The molecular formula is C19H23FN2O7P+. The Labute approximate surface area is 172 Å². The van der Waals surface area contributed by atoms with Crippen LogP contribution < -0.4 is 11.2 Å². The van der Waals surface area contributed by atoms with Crippen molar-refractivity contribution < 1.29 is 27.6 Å². The van der Waals surface area contributed by atoms with Gasteiger partial charge in [0.2, 0.25) is 5.82 Å². The third-order valence-corrected chi connectivity index (χ3v) is 6.59. The summed E-state index contributed by atoms with van der Waals surface area (Å²) in [5, 5.41) is 0. The zero-order chi connectivity index (χ0) is 21.5. The van der Waals surface area contributed by atoms with E-state index in [1.54, 1.807) is 0 Å². The Hall–Kier alpha value is -1.94. The molecule has 4 rings (SSSR count). The lowest BCUT2D eigenvalue weighted by atomic mass is 10.0. The highest BCUT2D eigenvalue weighted by Crippen LogP contribution is 2.63. The monoisotopic (exact) mass is 441 g/mol. The summed E-state index contributed by atoms with van der Waals surface area (Å²) in [6, 6.07) is 7.84. The molecule has 11 heteroatoms. The van der Waals surface area contributed by atoms with Crippen LogP contribution in [0.4, 0.5) is 4.39 Å². The summed E-state index contributed by atoms with van der Waals surface area (Å²) in [6.07, 6.45) is -1.08. The van der Waals surface area contributed by atoms with E-state index in [1.807, 2.05) is 29.2 Å². The van der Waals surface area contributed by atoms with Gasteiger partial charge >= 0.3 is 13.9 Å².